The van der Waals surface area contributed by atoms with E-state index in [-0.39, 0.29) is 0 Å². The lowest BCUT2D eigenvalue weighted by Crippen LogP contribution is -2.27. The van der Waals surface area contributed by atoms with Gasteiger partial charge in [0.25, 0.3) is 0 Å². The lowest BCUT2D eigenvalue weighted by molar-refractivity contribution is 0.309. The van der Waals surface area contributed by atoms with E-state index in [9.17, 15) is 0 Å². The number of aryl methyl sites for hydroxylation is 1. The Morgan fingerprint density at radius 2 is 2.16 bits per heavy atom. The maximum atomic E-state index is 7.17. The van der Waals surface area contributed by atoms with E-state index >= 15 is 0 Å². The third-order valence-corrected chi connectivity index (χ3v) is 4.08. The maximum Gasteiger partial charge on any atom is 0.0485 e. The Bertz CT molecular complexity index is 597. The topological polar surface area (TPSA) is 32.0 Å². The summed E-state index contributed by atoms with van der Waals surface area (Å²) in [4.78, 5) is 2.40. The van der Waals surface area contributed by atoms with Crippen LogP contribution in [-0.4, -0.2) is 29.3 Å². The number of nitrogens with zero attached hydrogens (tertiary/aromatic N) is 2. The van der Waals surface area contributed by atoms with Gasteiger partial charge in [-0.1, -0.05) is 18.2 Å². The summed E-state index contributed by atoms with van der Waals surface area (Å²) in [7, 11) is 2.20. The van der Waals surface area contributed by atoms with Gasteiger partial charge >= 0.3 is 0 Å². The molecule has 0 amide bonds. The fourth-order valence-corrected chi connectivity index (χ4v) is 3.14. The van der Waals surface area contributed by atoms with Crippen molar-refractivity contribution in [1.29, 1.82) is 5.41 Å². The molecular formula is C16H21N3. The van der Waals surface area contributed by atoms with Crippen molar-refractivity contribution < 1.29 is 0 Å². The van der Waals surface area contributed by atoms with Crippen LogP contribution in [0.3, 0.4) is 0 Å². The number of fused-ring (bicyclic) bond motifs is 3. The van der Waals surface area contributed by atoms with Crippen LogP contribution in [0.15, 0.2) is 24.3 Å². The zero-order chi connectivity index (χ0) is 13.2. The van der Waals surface area contributed by atoms with E-state index in [0.29, 0.717) is 0 Å². The normalized spacial score (nSPS) is 15.6. The summed E-state index contributed by atoms with van der Waals surface area (Å²) in [5, 5.41) is 8.58. The molecule has 100 valence electrons. The average molecular weight is 255 g/mol. The number of hydrogen-bond donors (Lipinski definition) is 1. The fourth-order valence-electron chi connectivity index (χ4n) is 3.14. The lowest BCUT2D eigenvalue weighted by Gasteiger charge is -2.24. The second kappa shape index (κ2) is 5.17. The highest BCUT2D eigenvalue weighted by molar-refractivity contribution is 5.85. The number of likely N-dealkylation sites (N-methyl/N-ethyl adjacent to an activating group) is 1. The summed E-state index contributed by atoms with van der Waals surface area (Å²) in [5.74, 6) is 0. The largest absolute Gasteiger partial charge is 0.344 e. The van der Waals surface area contributed by atoms with Crippen molar-refractivity contribution in [2.75, 3.05) is 13.6 Å². The van der Waals surface area contributed by atoms with E-state index in [1.807, 2.05) is 0 Å². The first-order chi connectivity index (χ1) is 9.31. The number of benzene rings is 1. The van der Waals surface area contributed by atoms with Gasteiger partial charge in [0.05, 0.1) is 0 Å². The van der Waals surface area contributed by atoms with E-state index in [0.717, 1.165) is 38.9 Å². The van der Waals surface area contributed by atoms with Crippen LogP contribution in [0.4, 0.5) is 0 Å². The van der Waals surface area contributed by atoms with E-state index in [1.54, 1.807) is 0 Å². The number of rotatable bonds is 4. The zero-order valence-corrected chi connectivity index (χ0v) is 11.5. The molecule has 3 nitrogen and oxygen atoms in total. The van der Waals surface area contributed by atoms with E-state index in [2.05, 4.69) is 40.8 Å². The highest BCUT2D eigenvalue weighted by Gasteiger charge is 2.21. The highest BCUT2D eigenvalue weighted by Crippen LogP contribution is 2.30. The Balaban J connectivity index is 2.06. The third-order valence-electron chi connectivity index (χ3n) is 4.08. The molecule has 0 atom stereocenters. The van der Waals surface area contributed by atoms with Crippen LogP contribution in [0.25, 0.3) is 10.9 Å². The number of nitrogens with one attached hydrogen (secondary N) is 1. The molecule has 3 heteroatoms. The zero-order valence-electron chi connectivity index (χ0n) is 11.5. The first-order valence-corrected chi connectivity index (χ1v) is 7.07. The summed E-state index contributed by atoms with van der Waals surface area (Å²) in [6.07, 6.45) is 4.60. The third kappa shape index (κ3) is 2.19. The molecule has 1 aliphatic rings. The molecule has 2 aromatic rings. The molecule has 19 heavy (non-hydrogen) atoms. The number of hydrogen-bond acceptors (Lipinski definition) is 2. The predicted octanol–water partition coefficient (Wildman–Crippen LogP) is 3.06. The highest BCUT2D eigenvalue weighted by atomic mass is 15.1. The number of unbranched alkanes of at least 4 members (excludes halogenated alkanes) is 1. The van der Waals surface area contributed by atoms with E-state index < -0.39 is 0 Å². The minimum atomic E-state index is 0.876. The Labute approximate surface area is 114 Å². The van der Waals surface area contributed by atoms with Crippen LogP contribution >= 0.6 is 0 Å². The van der Waals surface area contributed by atoms with E-state index in [4.69, 9.17) is 5.41 Å². The van der Waals surface area contributed by atoms with Gasteiger partial charge in [0.2, 0.25) is 0 Å². The Morgan fingerprint density at radius 1 is 1.32 bits per heavy atom. The summed E-state index contributed by atoms with van der Waals surface area (Å²) in [6.45, 7) is 3.25. The van der Waals surface area contributed by atoms with Crippen molar-refractivity contribution in [2.24, 2.45) is 0 Å². The second-order valence-corrected chi connectivity index (χ2v) is 5.43. The summed E-state index contributed by atoms with van der Waals surface area (Å²) >= 11 is 0. The van der Waals surface area contributed by atoms with Gasteiger partial charge in [0.1, 0.15) is 0 Å². The average Bonchev–Trinajstić information content (AvgIpc) is 2.73. The molecule has 1 aliphatic heterocycles. The van der Waals surface area contributed by atoms with Gasteiger partial charge in [-0.2, -0.15) is 0 Å². The molecule has 3 rings (SSSR count). The van der Waals surface area contributed by atoms with Gasteiger partial charge in [-0.3, -0.25) is 0 Å². The minimum absolute atomic E-state index is 0.876. The fraction of sp³-hybridized carbons (Fsp3) is 0.438. The number of para-hydroxylation sites is 1. The van der Waals surface area contributed by atoms with Gasteiger partial charge in [-0.05, 0) is 37.7 Å². The van der Waals surface area contributed by atoms with Crippen molar-refractivity contribution in [1.82, 2.24) is 9.47 Å². The van der Waals surface area contributed by atoms with Gasteiger partial charge in [0.15, 0.2) is 0 Å². The molecule has 0 saturated carbocycles. The Morgan fingerprint density at radius 3 is 3.00 bits per heavy atom. The molecule has 1 aromatic carbocycles. The van der Waals surface area contributed by atoms with Crippen LogP contribution in [-0.2, 0) is 19.5 Å². The predicted molar refractivity (Wildman–Crippen MR) is 80.0 cm³/mol. The van der Waals surface area contributed by atoms with Crippen LogP contribution in [0.1, 0.15) is 24.1 Å². The number of aromatic nitrogens is 1. The molecule has 2 heterocycles. The molecule has 0 unspecified atom stereocenters. The van der Waals surface area contributed by atoms with Gasteiger partial charge in [-0.15, -0.1) is 0 Å². The van der Waals surface area contributed by atoms with Gasteiger partial charge in [0, 0.05) is 42.7 Å². The lowest BCUT2D eigenvalue weighted by atomic mass is 10.1. The molecule has 1 aromatic heterocycles. The molecule has 0 bridgehead atoms. The molecular weight excluding hydrogens is 234 g/mol. The van der Waals surface area contributed by atoms with Crippen molar-refractivity contribution in [3.63, 3.8) is 0 Å². The first kappa shape index (κ1) is 12.4. The minimum Gasteiger partial charge on any atom is -0.344 e. The van der Waals surface area contributed by atoms with Crippen molar-refractivity contribution >= 4 is 17.1 Å². The molecule has 0 aliphatic carbocycles. The molecule has 0 fully saturated rings. The SMILES string of the molecule is CN1CCc2c(c3ccccc3n2CCCC=N)C1. The Kier molecular flexibility index (Phi) is 3.38. The van der Waals surface area contributed by atoms with E-state index in [1.165, 1.54) is 28.4 Å². The molecule has 1 N–H and O–H groups in total. The smallest absolute Gasteiger partial charge is 0.0485 e. The van der Waals surface area contributed by atoms with Gasteiger partial charge in [-0.25, -0.2) is 0 Å². The maximum absolute atomic E-state index is 7.17. The molecule has 0 saturated heterocycles. The van der Waals surface area contributed by atoms with Crippen LogP contribution in [0, 0.1) is 5.41 Å². The van der Waals surface area contributed by atoms with Gasteiger partial charge < -0.3 is 14.9 Å². The standard InChI is InChI=1S/C16H21N3/c1-18-11-8-16-14(12-18)13-6-2-3-7-15(13)19(16)10-5-4-9-17/h2-3,6-7,9,17H,4-5,8,10-12H2,1H3. The summed E-state index contributed by atoms with van der Waals surface area (Å²) < 4.78 is 2.49. The molecule has 0 radical (unpaired) electrons. The second-order valence-electron chi connectivity index (χ2n) is 5.43. The van der Waals surface area contributed by atoms with Crippen LogP contribution in [0.2, 0.25) is 0 Å². The van der Waals surface area contributed by atoms with Crippen molar-refractivity contribution in [3.05, 3.63) is 35.5 Å². The van der Waals surface area contributed by atoms with Crippen LogP contribution in [0.5, 0.6) is 0 Å². The van der Waals surface area contributed by atoms with Crippen molar-refractivity contribution in [3.8, 4) is 0 Å². The monoisotopic (exact) mass is 255 g/mol. The summed E-state index contributed by atoms with van der Waals surface area (Å²) in [6, 6.07) is 8.75. The quantitative estimate of drug-likeness (QED) is 0.661. The summed E-state index contributed by atoms with van der Waals surface area (Å²) in [5.41, 5.74) is 4.40. The first-order valence-electron chi connectivity index (χ1n) is 7.07. The Hall–Kier alpha value is -1.61. The van der Waals surface area contributed by atoms with Crippen molar-refractivity contribution in [2.45, 2.75) is 32.4 Å². The van der Waals surface area contributed by atoms with Crippen LogP contribution < -0.4 is 0 Å². The molecule has 0 spiro atoms.